The number of benzene rings is 3. The van der Waals surface area contributed by atoms with Crippen molar-refractivity contribution in [2.24, 2.45) is 0 Å². The zero-order valence-electron chi connectivity index (χ0n) is 17.4. The molecule has 7 nitrogen and oxygen atoms in total. The Kier molecular flexibility index (Phi) is 5.89. The molecule has 3 aromatic rings. The molecule has 0 bridgehead atoms. The first kappa shape index (κ1) is 21.1. The van der Waals surface area contributed by atoms with E-state index in [4.69, 9.17) is 4.74 Å². The minimum absolute atomic E-state index is 0.0332. The molecule has 0 saturated heterocycles. The van der Waals surface area contributed by atoms with Gasteiger partial charge in [-0.1, -0.05) is 60.7 Å². The molecule has 7 heteroatoms. The summed E-state index contributed by atoms with van der Waals surface area (Å²) in [5.74, 6) is -1.79. The maximum atomic E-state index is 12.4. The molecule has 1 atom stereocenters. The molecule has 0 unspecified atom stereocenters. The van der Waals surface area contributed by atoms with Crippen molar-refractivity contribution in [3.05, 3.63) is 89.5 Å². The van der Waals surface area contributed by atoms with Gasteiger partial charge < -0.3 is 20.5 Å². The van der Waals surface area contributed by atoms with Gasteiger partial charge in [-0.3, -0.25) is 4.79 Å². The second kappa shape index (κ2) is 8.93. The van der Waals surface area contributed by atoms with E-state index in [0.717, 1.165) is 22.3 Å². The van der Waals surface area contributed by atoms with Crippen molar-refractivity contribution in [2.45, 2.75) is 18.9 Å². The van der Waals surface area contributed by atoms with Crippen LogP contribution in [0.1, 0.15) is 34.3 Å². The van der Waals surface area contributed by atoms with E-state index in [0.29, 0.717) is 0 Å². The van der Waals surface area contributed by atoms with E-state index in [9.17, 15) is 19.5 Å². The van der Waals surface area contributed by atoms with Crippen LogP contribution in [-0.2, 0) is 9.53 Å². The summed E-state index contributed by atoms with van der Waals surface area (Å²) < 4.78 is 5.45. The molecule has 0 aliphatic heterocycles. The van der Waals surface area contributed by atoms with Gasteiger partial charge in [0.1, 0.15) is 12.6 Å². The molecular weight excluding hydrogens is 408 g/mol. The maximum absolute atomic E-state index is 12.4. The van der Waals surface area contributed by atoms with Crippen LogP contribution in [0.4, 0.5) is 10.5 Å². The smallest absolute Gasteiger partial charge is 0.407 e. The molecule has 2 amide bonds. The normalized spacial score (nSPS) is 12.9. The molecule has 1 aliphatic carbocycles. The average Bonchev–Trinajstić information content (AvgIpc) is 3.11. The Morgan fingerprint density at radius 3 is 2.09 bits per heavy atom. The number of amides is 2. The van der Waals surface area contributed by atoms with Crippen molar-refractivity contribution in [1.82, 2.24) is 5.32 Å². The first-order chi connectivity index (χ1) is 15.5. The van der Waals surface area contributed by atoms with Gasteiger partial charge in [-0.25, -0.2) is 9.59 Å². The van der Waals surface area contributed by atoms with Crippen LogP contribution in [0, 0.1) is 0 Å². The molecule has 0 spiro atoms. The first-order valence-electron chi connectivity index (χ1n) is 10.2. The first-order valence-corrected chi connectivity index (χ1v) is 10.2. The highest BCUT2D eigenvalue weighted by atomic mass is 16.5. The quantitative estimate of drug-likeness (QED) is 0.542. The minimum atomic E-state index is -1.15. The SMILES string of the molecule is C[C@@H](NC(=O)OCC1c2ccccc2-c2ccccc21)C(=O)Nc1ccccc1C(=O)O. The Labute approximate surface area is 185 Å². The van der Waals surface area contributed by atoms with Crippen LogP contribution in [0.3, 0.4) is 0 Å². The summed E-state index contributed by atoms with van der Waals surface area (Å²) in [5.41, 5.74) is 4.57. The van der Waals surface area contributed by atoms with Crippen LogP contribution in [0.5, 0.6) is 0 Å². The molecule has 3 N–H and O–H groups in total. The van der Waals surface area contributed by atoms with Gasteiger partial charge in [0, 0.05) is 5.92 Å². The molecule has 162 valence electrons. The van der Waals surface area contributed by atoms with Gasteiger partial charge in [0.15, 0.2) is 0 Å². The van der Waals surface area contributed by atoms with Crippen molar-refractivity contribution in [1.29, 1.82) is 0 Å². The molecule has 0 heterocycles. The highest BCUT2D eigenvalue weighted by molar-refractivity contribution is 6.02. The molecule has 3 aromatic carbocycles. The highest BCUT2D eigenvalue weighted by Gasteiger charge is 2.29. The van der Waals surface area contributed by atoms with Crippen LogP contribution < -0.4 is 10.6 Å². The van der Waals surface area contributed by atoms with E-state index in [1.54, 1.807) is 12.1 Å². The van der Waals surface area contributed by atoms with Gasteiger partial charge in [-0.2, -0.15) is 0 Å². The zero-order valence-corrected chi connectivity index (χ0v) is 17.4. The van der Waals surface area contributed by atoms with Crippen molar-refractivity contribution >= 4 is 23.7 Å². The van der Waals surface area contributed by atoms with E-state index in [1.165, 1.54) is 19.1 Å². The van der Waals surface area contributed by atoms with E-state index in [-0.39, 0.29) is 23.8 Å². The van der Waals surface area contributed by atoms with Gasteiger partial charge in [-0.05, 0) is 41.3 Å². The van der Waals surface area contributed by atoms with E-state index in [1.807, 2.05) is 36.4 Å². The Bertz CT molecular complexity index is 1140. The number of carboxylic acid groups (broad SMARTS) is 1. The third kappa shape index (κ3) is 4.18. The summed E-state index contributed by atoms with van der Waals surface area (Å²) in [5, 5.41) is 14.3. The van der Waals surface area contributed by atoms with Gasteiger partial charge in [0.05, 0.1) is 11.3 Å². The summed E-state index contributed by atoms with van der Waals surface area (Å²) in [7, 11) is 0. The van der Waals surface area contributed by atoms with Crippen LogP contribution in [-0.4, -0.2) is 35.7 Å². The van der Waals surface area contributed by atoms with Gasteiger partial charge >= 0.3 is 12.1 Å². The average molecular weight is 430 g/mol. The van der Waals surface area contributed by atoms with E-state index < -0.39 is 24.0 Å². The monoisotopic (exact) mass is 430 g/mol. The van der Waals surface area contributed by atoms with Gasteiger partial charge in [-0.15, -0.1) is 0 Å². The number of hydrogen-bond acceptors (Lipinski definition) is 4. The minimum Gasteiger partial charge on any atom is -0.478 e. The maximum Gasteiger partial charge on any atom is 0.407 e. The lowest BCUT2D eigenvalue weighted by Crippen LogP contribution is -2.42. The number of alkyl carbamates (subject to hydrolysis) is 1. The third-order valence-electron chi connectivity index (χ3n) is 5.49. The zero-order chi connectivity index (χ0) is 22.7. The predicted octanol–water partition coefficient (Wildman–Crippen LogP) is 4.25. The number of hydrogen-bond donors (Lipinski definition) is 3. The number of nitrogens with one attached hydrogen (secondary N) is 2. The highest BCUT2D eigenvalue weighted by Crippen LogP contribution is 2.44. The van der Waals surface area contributed by atoms with Gasteiger partial charge in [0.2, 0.25) is 5.91 Å². The molecule has 32 heavy (non-hydrogen) atoms. The molecule has 0 aromatic heterocycles. The van der Waals surface area contributed by atoms with E-state index >= 15 is 0 Å². The summed E-state index contributed by atoms with van der Waals surface area (Å²) in [6, 6.07) is 21.2. The fourth-order valence-electron chi connectivity index (χ4n) is 3.90. The Morgan fingerprint density at radius 1 is 0.906 bits per heavy atom. The fourth-order valence-corrected chi connectivity index (χ4v) is 3.90. The van der Waals surface area contributed by atoms with Crippen molar-refractivity contribution in [2.75, 3.05) is 11.9 Å². The number of fused-ring (bicyclic) bond motifs is 3. The van der Waals surface area contributed by atoms with Gasteiger partial charge in [0.25, 0.3) is 0 Å². The number of carboxylic acids is 1. The van der Waals surface area contributed by atoms with Crippen molar-refractivity contribution in [3.8, 4) is 11.1 Å². The van der Waals surface area contributed by atoms with E-state index in [2.05, 4.69) is 22.8 Å². The number of rotatable bonds is 6. The molecule has 0 radical (unpaired) electrons. The summed E-state index contributed by atoms with van der Waals surface area (Å²) in [6.45, 7) is 1.64. The Hall–Kier alpha value is -4.13. The summed E-state index contributed by atoms with van der Waals surface area (Å²) in [4.78, 5) is 36.1. The Morgan fingerprint density at radius 2 is 1.47 bits per heavy atom. The predicted molar refractivity (Wildman–Crippen MR) is 120 cm³/mol. The van der Waals surface area contributed by atoms with Crippen LogP contribution >= 0.6 is 0 Å². The standard InChI is InChI=1S/C25H22N2O5/c1-15(23(28)27-22-13-7-6-12-20(22)24(29)30)26-25(31)32-14-21-18-10-4-2-8-16(18)17-9-3-5-11-19(17)21/h2-13,15,21H,14H2,1H3,(H,26,31)(H,27,28)(H,29,30)/t15-/m1/s1. The number of anilines is 1. The Balaban J connectivity index is 1.37. The third-order valence-corrected chi connectivity index (χ3v) is 5.49. The lowest BCUT2D eigenvalue weighted by atomic mass is 9.98. The van der Waals surface area contributed by atoms with Crippen LogP contribution in [0.25, 0.3) is 11.1 Å². The lowest BCUT2D eigenvalue weighted by Gasteiger charge is -2.17. The fraction of sp³-hybridized carbons (Fsp3) is 0.160. The number of aromatic carboxylic acids is 1. The molecule has 0 saturated carbocycles. The second-order valence-electron chi connectivity index (χ2n) is 7.53. The largest absolute Gasteiger partial charge is 0.478 e. The molecule has 1 aliphatic rings. The van der Waals surface area contributed by atoms with Crippen LogP contribution in [0.2, 0.25) is 0 Å². The molecular formula is C25H22N2O5. The molecule has 0 fully saturated rings. The summed E-state index contributed by atoms with van der Waals surface area (Å²) in [6.07, 6.45) is -0.721. The number of para-hydroxylation sites is 1. The number of ether oxygens (including phenoxy) is 1. The van der Waals surface area contributed by atoms with Crippen molar-refractivity contribution < 1.29 is 24.2 Å². The topological polar surface area (TPSA) is 105 Å². The summed E-state index contributed by atoms with van der Waals surface area (Å²) >= 11 is 0. The van der Waals surface area contributed by atoms with Crippen molar-refractivity contribution in [3.63, 3.8) is 0 Å². The second-order valence-corrected chi connectivity index (χ2v) is 7.53. The number of carbonyl (C=O) groups excluding carboxylic acids is 2. The van der Waals surface area contributed by atoms with Crippen LogP contribution in [0.15, 0.2) is 72.8 Å². The number of carbonyl (C=O) groups is 3. The lowest BCUT2D eigenvalue weighted by molar-refractivity contribution is -0.117. The molecule has 4 rings (SSSR count).